The third-order valence-electron chi connectivity index (χ3n) is 3.07. The van der Waals surface area contributed by atoms with E-state index in [2.05, 4.69) is 10.1 Å². The SMILES string of the molecule is CC1(C)CN(CCOC(F)(F)F)C(C)(C)CN1. The summed E-state index contributed by atoms with van der Waals surface area (Å²) >= 11 is 0. The van der Waals surface area contributed by atoms with Crippen LogP contribution in [0.4, 0.5) is 13.2 Å². The molecule has 0 aromatic rings. The first-order valence-corrected chi connectivity index (χ1v) is 5.73. The predicted octanol–water partition coefficient (Wildman–Crippen LogP) is 1.99. The molecule has 3 nitrogen and oxygen atoms in total. The van der Waals surface area contributed by atoms with Crippen LogP contribution in [0.2, 0.25) is 0 Å². The highest BCUT2D eigenvalue weighted by molar-refractivity contribution is 4.97. The normalized spacial score (nSPS) is 24.9. The molecule has 0 aromatic heterocycles. The number of alkyl halides is 3. The summed E-state index contributed by atoms with van der Waals surface area (Å²) in [6.07, 6.45) is -4.53. The number of nitrogens with one attached hydrogen (secondary N) is 1. The lowest BCUT2D eigenvalue weighted by Gasteiger charge is -2.49. The van der Waals surface area contributed by atoms with Crippen LogP contribution >= 0.6 is 0 Å². The van der Waals surface area contributed by atoms with Crippen LogP contribution in [0.5, 0.6) is 0 Å². The highest BCUT2D eigenvalue weighted by Crippen LogP contribution is 2.23. The Balaban J connectivity index is 2.49. The lowest BCUT2D eigenvalue weighted by Crippen LogP contribution is -2.66. The van der Waals surface area contributed by atoms with Gasteiger partial charge in [0.25, 0.3) is 0 Å². The topological polar surface area (TPSA) is 24.5 Å². The van der Waals surface area contributed by atoms with Crippen LogP contribution in [0.25, 0.3) is 0 Å². The smallest absolute Gasteiger partial charge is 0.309 e. The molecule has 1 aliphatic heterocycles. The molecule has 0 bridgehead atoms. The minimum atomic E-state index is -4.53. The molecule has 102 valence electrons. The standard InChI is InChI=1S/C11H21F3N2O/c1-9(2)8-16(10(3,4)7-15-9)5-6-17-11(12,13)14/h15H,5-8H2,1-4H3. The zero-order chi connectivity index (χ0) is 13.3. The van der Waals surface area contributed by atoms with Gasteiger partial charge in [0.15, 0.2) is 0 Å². The Hall–Kier alpha value is -0.330. The quantitative estimate of drug-likeness (QED) is 0.833. The van der Waals surface area contributed by atoms with Crippen molar-refractivity contribution in [3.05, 3.63) is 0 Å². The molecule has 1 heterocycles. The monoisotopic (exact) mass is 254 g/mol. The van der Waals surface area contributed by atoms with Gasteiger partial charge in [0.05, 0.1) is 6.61 Å². The summed E-state index contributed by atoms with van der Waals surface area (Å²) in [5.74, 6) is 0. The van der Waals surface area contributed by atoms with E-state index in [-0.39, 0.29) is 24.2 Å². The molecule has 0 spiro atoms. The molecule has 0 unspecified atom stereocenters. The molecule has 0 saturated carbocycles. The maximum absolute atomic E-state index is 11.9. The van der Waals surface area contributed by atoms with Crippen LogP contribution in [0.15, 0.2) is 0 Å². The van der Waals surface area contributed by atoms with Gasteiger partial charge < -0.3 is 5.32 Å². The summed E-state index contributed by atoms with van der Waals surface area (Å²) in [5, 5.41) is 3.38. The molecule has 0 aromatic carbocycles. The fourth-order valence-corrected chi connectivity index (χ4v) is 1.97. The van der Waals surface area contributed by atoms with E-state index in [1.165, 1.54) is 0 Å². The van der Waals surface area contributed by atoms with Crippen molar-refractivity contribution < 1.29 is 17.9 Å². The van der Waals surface area contributed by atoms with Crippen LogP contribution in [0, 0.1) is 0 Å². The minimum absolute atomic E-state index is 0.0756. The molecule has 1 rings (SSSR count). The molecule has 1 saturated heterocycles. The number of piperazine rings is 1. The van der Waals surface area contributed by atoms with Crippen LogP contribution in [0.3, 0.4) is 0 Å². The molecular weight excluding hydrogens is 233 g/mol. The van der Waals surface area contributed by atoms with E-state index in [0.29, 0.717) is 6.54 Å². The van der Waals surface area contributed by atoms with E-state index in [1.807, 2.05) is 32.6 Å². The third kappa shape index (κ3) is 4.81. The van der Waals surface area contributed by atoms with Gasteiger partial charge in [0.2, 0.25) is 0 Å². The third-order valence-corrected chi connectivity index (χ3v) is 3.07. The highest BCUT2D eigenvalue weighted by atomic mass is 19.4. The molecule has 17 heavy (non-hydrogen) atoms. The van der Waals surface area contributed by atoms with Gasteiger partial charge >= 0.3 is 6.36 Å². The summed E-state index contributed by atoms with van der Waals surface area (Å²) in [6, 6.07) is 0. The largest absolute Gasteiger partial charge is 0.522 e. The first kappa shape index (κ1) is 14.7. The maximum atomic E-state index is 11.9. The van der Waals surface area contributed by atoms with Crippen molar-refractivity contribution in [3.8, 4) is 0 Å². The van der Waals surface area contributed by atoms with Crippen molar-refractivity contribution in [1.29, 1.82) is 0 Å². The Morgan fingerprint density at radius 2 is 1.82 bits per heavy atom. The molecule has 1 N–H and O–H groups in total. The van der Waals surface area contributed by atoms with Crippen LogP contribution in [0.1, 0.15) is 27.7 Å². The zero-order valence-electron chi connectivity index (χ0n) is 10.8. The van der Waals surface area contributed by atoms with Gasteiger partial charge in [-0.3, -0.25) is 9.64 Å². The molecule has 6 heteroatoms. The average Bonchev–Trinajstić information content (AvgIpc) is 2.10. The van der Waals surface area contributed by atoms with Crippen molar-refractivity contribution in [2.24, 2.45) is 0 Å². The van der Waals surface area contributed by atoms with Gasteiger partial charge in [-0.05, 0) is 27.7 Å². The Bertz CT molecular complexity index is 264. The fourth-order valence-electron chi connectivity index (χ4n) is 1.97. The predicted molar refractivity (Wildman–Crippen MR) is 59.7 cm³/mol. The molecule has 1 fully saturated rings. The highest BCUT2D eigenvalue weighted by Gasteiger charge is 2.38. The van der Waals surface area contributed by atoms with Crippen molar-refractivity contribution >= 4 is 0 Å². The first-order chi connectivity index (χ1) is 7.52. The number of hydrogen-bond acceptors (Lipinski definition) is 3. The van der Waals surface area contributed by atoms with Gasteiger partial charge in [-0.2, -0.15) is 0 Å². The van der Waals surface area contributed by atoms with Crippen molar-refractivity contribution in [2.45, 2.75) is 45.1 Å². The number of nitrogens with zero attached hydrogens (tertiary/aromatic N) is 1. The molecular formula is C11H21F3N2O. The molecule has 0 radical (unpaired) electrons. The van der Waals surface area contributed by atoms with Gasteiger partial charge in [0, 0.05) is 30.7 Å². The zero-order valence-corrected chi connectivity index (χ0v) is 10.8. The average molecular weight is 254 g/mol. The first-order valence-electron chi connectivity index (χ1n) is 5.73. The number of ether oxygens (including phenoxy) is 1. The molecule has 0 atom stereocenters. The van der Waals surface area contributed by atoms with Crippen LogP contribution in [-0.4, -0.2) is 48.6 Å². The van der Waals surface area contributed by atoms with E-state index in [9.17, 15) is 13.2 Å². The van der Waals surface area contributed by atoms with Gasteiger partial charge in [-0.1, -0.05) is 0 Å². The number of halogens is 3. The molecule has 0 aliphatic carbocycles. The van der Waals surface area contributed by atoms with Gasteiger partial charge in [-0.15, -0.1) is 13.2 Å². The van der Waals surface area contributed by atoms with Crippen molar-refractivity contribution in [2.75, 3.05) is 26.2 Å². The Morgan fingerprint density at radius 1 is 1.24 bits per heavy atom. The van der Waals surface area contributed by atoms with Crippen LogP contribution < -0.4 is 5.32 Å². The van der Waals surface area contributed by atoms with Crippen LogP contribution in [-0.2, 0) is 4.74 Å². The lowest BCUT2D eigenvalue weighted by atomic mass is 9.91. The molecule has 0 amide bonds. The summed E-state index contributed by atoms with van der Waals surface area (Å²) in [5.41, 5.74) is -0.224. The second-order valence-electron chi connectivity index (χ2n) is 5.77. The van der Waals surface area contributed by atoms with E-state index < -0.39 is 6.36 Å². The van der Waals surface area contributed by atoms with E-state index >= 15 is 0 Å². The van der Waals surface area contributed by atoms with E-state index in [1.54, 1.807) is 0 Å². The Kier molecular flexibility index (Phi) is 4.11. The van der Waals surface area contributed by atoms with E-state index in [0.717, 1.165) is 6.54 Å². The van der Waals surface area contributed by atoms with E-state index in [4.69, 9.17) is 0 Å². The van der Waals surface area contributed by atoms with Crippen molar-refractivity contribution in [3.63, 3.8) is 0 Å². The summed E-state index contributed by atoms with van der Waals surface area (Å²) < 4.78 is 39.5. The van der Waals surface area contributed by atoms with Gasteiger partial charge in [0.1, 0.15) is 0 Å². The lowest BCUT2D eigenvalue weighted by molar-refractivity contribution is -0.325. The number of rotatable bonds is 3. The molecule has 1 aliphatic rings. The van der Waals surface area contributed by atoms with Crippen molar-refractivity contribution in [1.82, 2.24) is 10.2 Å². The second kappa shape index (κ2) is 4.74. The maximum Gasteiger partial charge on any atom is 0.522 e. The summed E-state index contributed by atoms with van der Waals surface area (Å²) in [4.78, 5) is 2.04. The summed E-state index contributed by atoms with van der Waals surface area (Å²) in [6.45, 7) is 9.55. The van der Waals surface area contributed by atoms with Gasteiger partial charge in [-0.25, -0.2) is 0 Å². The number of hydrogen-bond donors (Lipinski definition) is 1. The Labute approximate surface area is 100 Å². The fraction of sp³-hybridized carbons (Fsp3) is 1.00. The minimum Gasteiger partial charge on any atom is -0.309 e. The summed E-state index contributed by atoms with van der Waals surface area (Å²) in [7, 11) is 0. The Morgan fingerprint density at radius 3 is 2.35 bits per heavy atom. The second-order valence-corrected chi connectivity index (χ2v) is 5.77.